The highest BCUT2D eigenvalue weighted by Gasteiger charge is 2.56. The summed E-state index contributed by atoms with van der Waals surface area (Å²) in [6.45, 7) is 3.95. The van der Waals surface area contributed by atoms with Gasteiger partial charge in [0.25, 0.3) is 0 Å². The molecule has 1 aliphatic carbocycles. The molecule has 2 amide bonds. The molecule has 3 rings (SSSR count). The minimum absolute atomic E-state index is 0.259. The Morgan fingerprint density at radius 1 is 0.960 bits per heavy atom. The molecule has 2 N–H and O–H groups in total. The molecule has 2 aromatic rings. The molecule has 0 radical (unpaired) electrons. The van der Waals surface area contributed by atoms with Crippen molar-refractivity contribution in [1.29, 1.82) is 0 Å². The monoisotopic (exact) mass is 338 g/mol. The quantitative estimate of drug-likeness (QED) is 0.818. The highest BCUT2D eigenvalue weighted by atomic mass is 16.5. The van der Waals surface area contributed by atoms with E-state index in [0.29, 0.717) is 24.3 Å². The SMILES string of the molecule is COc1ccccc1NC(=O)C1(C(=O)Nc2cc(C)cc(C)c2)CC1. The molecule has 0 aliphatic heterocycles. The number of rotatable bonds is 5. The van der Waals surface area contributed by atoms with Crippen molar-refractivity contribution in [3.05, 3.63) is 53.6 Å². The minimum Gasteiger partial charge on any atom is -0.495 e. The second-order valence-electron chi connectivity index (χ2n) is 6.57. The molecule has 0 atom stereocenters. The molecule has 1 fully saturated rings. The summed E-state index contributed by atoms with van der Waals surface area (Å²) in [6.07, 6.45) is 1.09. The smallest absolute Gasteiger partial charge is 0.240 e. The molecular formula is C20H22N2O3. The summed E-state index contributed by atoms with van der Waals surface area (Å²) in [7, 11) is 1.55. The molecule has 0 bridgehead atoms. The van der Waals surface area contributed by atoms with E-state index < -0.39 is 5.41 Å². The maximum Gasteiger partial charge on any atom is 0.240 e. The molecule has 5 nitrogen and oxygen atoms in total. The van der Waals surface area contributed by atoms with E-state index in [-0.39, 0.29) is 11.8 Å². The zero-order valence-electron chi connectivity index (χ0n) is 14.7. The van der Waals surface area contributed by atoms with Crippen LogP contribution in [-0.2, 0) is 9.59 Å². The highest BCUT2D eigenvalue weighted by Crippen LogP contribution is 2.48. The van der Waals surface area contributed by atoms with Crippen molar-refractivity contribution in [1.82, 2.24) is 0 Å². The zero-order chi connectivity index (χ0) is 18.0. The highest BCUT2D eigenvalue weighted by molar-refractivity contribution is 6.17. The number of anilines is 2. The Balaban J connectivity index is 1.74. The van der Waals surface area contributed by atoms with Crippen LogP contribution in [0.5, 0.6) is 5.75 Å². The molecule has 130 valence electrons. The average Bonchev–Trinajstić information content (AvgIpc) is 3.36. The van der Waals surface area contributed by atoms with Gasteiger partial charge in [-0.15, -0.1) is 0 Å². The maximum atomic E-state index is 12.7. The first-order valence-corrected chi connectivity index (χ1v) is 8.29. The number of carbonyl (C=O) groups is 2. The van der Waals surface area contributed by atoms with E-state index in [9.17, 15) is 9.59 Å². The first-order chi connectivity index (χ1) is 11.9. The summed E-state index contributed by atoms with van der Waals surface area (Å²) in [5.41, 5.74) is 2.43. The molecule has 5 heteroatoms. The van der Waals surface area contributed by atoms with Gasteiger partial charge < -0.3 is 15.4 Å². The van der Waals surface area contributed by atoms with Crippen LogP contribution in [-0.4, -0.2) is 18.9 Å². The van der Waals surface area contributed by atoms with Gasteiger partial charge >= 0.3 is 0 Å². The maximum absolute atomic E-state index is 12.7. The molecule has 25 heavy (non-hydrogen) atoms. The fourth-order valence-electron chi connectivity index (χ4n) is 2.97. The van der Waals surface area contributed by atoms with Crippen molar-refractivity contribution in [3.63, 3.8) is 0 Å². The van der Waals surface area contributed by atoms with Crippen molar-refractivity contribution in [2.75, 3.05) is 17.7 Å². The Hall–Kier alpha value is -2.82. The first-order valence-electron chi connectivity index (χ1n) is 8.29. The minimum atomic E-state index is -1.00. The third kappa shape index (κ3) is 3.50. The van der Waals surface area contributed by atoms with Crippen LogP contribution in [0.15, 0.2) is 42.5 Å². The molecule has 0 aromatic heterocycles. The van der Waals surface area contributed by atoms with E-state index >= 15 is 0 Å². The topological polar surface area (TPSA) is 67.4 Å². The molecule has 0 heterocycles. The summed E-state index contributed by atoms with van der Waals surface area (Å²) in [4.78, 5) is 25.4. The summed E-state index contributed by atoms with van der Waals surface area (Å²) < 4.78 is 5.25. The number of methoxy groups -OCH3 is 1. The van der Waals surface area contributed by atoms with Crippen LogP contribution in [0.2, 0.25) is 0 Å². The Kier molecular flexibility index (Phi) is 4.49. The van der Waals surface area contributed by atoms with Gasteiger partial charge in [-0.05, 0) is 62.1 Å². The molecule has 0 unspecified atom stereocenters. The zero-order valence-corrected chi connectivity index (χ0v) is 14.7. The second-order valence-corrected chi connectivity index (χ2v) is 6.57. The summed E-state index contributed by atoms with van der Waals surface area (Å²) >= 11 is 0. The lowest BCUT2D eigenvalue weighted by Gasteiger charge is -2.17. The lowest BCUT2D eigenvalue weighted by molar-refractivity contribution is -0.131. The van der Waals surface area contributed by atoms with Gasteiger partial charge in [-0.3, -0.25) is 9.59 Å². The number of amides is 2. The van der Waals surface area contributed by atoms with E-state index in [4.69, 9.17) is 4.74 Å². The fraction of sp³-hybridized carbons (Fsp3) is 0.300. The number of ether oxygens (including phenoxy) is 1. The number of carbonyl (C=O) groups excluding carboxylic acids is 2. The van der Waals surface area contributed by atoms with Crippen LogP contribution >= 0.6 is 0 Å². The molecule has 1 aliphatic rings. The Bertz CT molecular complexity index is 805. The Morgan fingerprint density at radius 2 is 1.56 bits per heavy atom. The number of aryl methyl sites for hydroxylation is 2. The van der Waals surface area contributed by atoms with E-state index in [1.165, 1.54) is 0 Å². The summed E-state index contributed by atoms with van der Waals surface area (Å²) in [5.74, 6) is 0.0186. The van der Waals surface area contributed by atoms with E-state index in [1.807, 2.05) is 44.2 Å². The van der Waals surface area contributed by atoms with Gasteiger partial charge in [0.1, 0.15) is 11.2 Å². The predicted octanol–water partition coefficient (Wildman–Crippen LogP) is 3.67. The van der Waals surface area contributed by atoms with Gasteiger partial charge in [0.05, 0.1) is 12.8 Å². The van der Waals surface area contributed by atoms with Crippen molar-refractivity contribution in [3.8, 4) is 5.75 Å². The van der Waals surface area contributed by atoms with Crippen LogP contribution in [0.25, 0.3) is 0 Å². The fourth-order valence-corrected chi connectivity index (χ4v) is 2.97. The number of benzene rings is 2. The largest absolute Gasteiger partial charge is 0.495 e. The van der Waals surface area contributed by atoms with E-state index in [0.717, 1.165) is 16.8 Å². The number of para-hydroxylation sites is 2. The molecule has 0 saturated heterocycles. The third-order valence-corrected chi connectivity index (χ3v) is 4.45. The van der Waals surface area contributed by atoms with Crippen molar-refractivity contribution >= 4 is 23.2 Å². The van der Waals surface area contributed by atoms with E-state index in [1.54, 1.807) is 19.2 Å². The van der Waals surface area contributed by atoms with Crippen LogP contribution in [0.4, 0.5) is 11.4 Å². The number of nitrogens with one attached hydrogen (secondary N) is 2. The van der Waals surface area contributed by atoms with Gasteiger partial charge in [-0.1, -0.05) is 18.2 Å². The van der Waals surface area contributed by atoms with Crippen molar-refractivity contribution in [2.45, 2.75) is 26.7 Å². The average molecular weight is 338 g/mol. The number of hydrogen-bond donors (Lipinski definition) is 2. The van der Waals surface area contributed by atoms with Crippen LogP contribution in [0, 0.1) is 19.3 Å². The molecule has 2 aromatic carbocycles. The summed E-state index contributed by atoms with van der Waals surface area (Å²) in [6, 6.07) is 13.0. The normalized spacial score (nSPS) is 14.5. The van der Waals surface area contributed by atoms with Gasteiger partial charge in [-0.2, -0.15) is 0 Å². The third-order valence-electron chi connectivity index (χ3n) is 4.45. The predicted molar refractivity (Wildman–Crippen MR) is 97.8 cm³/mol. The summed E-state index contributed by atoms with van der Waals surface area (Å²) in [5, 5.41) is 5.72. The van der Waals surface area contributed by atoms with E-state index in [2.05, 4.69) is 10.6 Å². The second kappa shape index (κ2) is 6.59. The first kappa shape index (κ1) is 17.0. The van der Waals surface area contributed by atoms with Gasteiger partial charge in [0.15, 0.2) is 0 Å². The van der Waals surface area contributed by atoms with Gasteiger partial charge in [0, 0.05) is 5.69 Å². The van der Waals surface area contributed by atoms with Gasteiger partial charge in [-0.25, -0.2) is 0 Å². The Morgan fingerprint density at radius 3 is 2.16 bits per heavy atom. The lowest BCUT2D eigenvalue weighted by Crippen LogP contribution is -2.35. The number of hydrogen-bond acceptors (Lipinski definition) is 3. The standard InChI is InChI=1S/C20H22N2O3/c1-13-10-14(2)12-15(11-13)21-18(23)20(8-9-20)19(24)22-16-6-4-5-7-17(16)25-3/h4-7,10-12H,8-9H2,1-3H3,(H,21,23)(H,22,24). The van der Waals surface area contributed by atoms with Crippen LogP contribution in [0.3, 0.4) is 0 Å². The van der Waals surface area contributed by atoms with Gasteiger partial charge in [0.2, 0.25) is 11.8 Å². The van der Waals surface area contributed by atoms with Crippen molar-refractivity contribution in [2.24, 2.45) is 5.41 Å². The molecule has 1 saturated carbocycles. The Labute approximate surface area is 147 Å². The van der Waals surface area contributed by atoms with Crippen LogP contribution in [0.1, 0.15) is 24.0 Å². The molecule has 0 spiro atoms. The lowest BCUT2D eigenvalue weighted by atomic mass is 10.0. The van der Waals surface area contributed by atoms with Crippen LogP contribution < -0.4 is 15.4 Å². The van der Waals surface area contributed by atoms with Crippen molar-refractivity contribution < 1.29 is 14.3 Å². The molecular weight excluding hydrogens is 316 g/mol.